The van der Waals surface area contributed by atoms with Crippen LogP contribution in [0, 0.1) is 0 Å². The molecule has 1 aliphatic rings. The van der Waals surface area contributed by atoms with E-state index in [4.69, 9.17) is 4.55 Å². The Balaban J connectivity index is 2.32. The van der Waals surface area contributed by atoms with Gasteiger partial charge in [-0.1, -0.05) is 0 Å². The normalized spacial score (nSPS) is 17.0. The van der Waals surface area contributed by atoms with E-state index >= 15 is 0 Å². The molecule has 5 nitrogen and oxygen atoms in total. The minimum absolute atomic E-state index is 0.176. The summed E-state index contributed by atoms with van der Waals surface area (Å²) in [5, 5.41) is 0. The number of hydrogen-bond donors (Lipinski definition) is 1. The van der Waals surface area contributed by atoms with Gasteiger partial charge in [0.1, 0.15) is 6.54 Å². The third kappa shape index (κ3) is 4.38. The Morgan fingerprint density at radius 3 is 2.86 bits per heavy atom. The first-order chi connectivity index (χ1) is 6.47. The van der Waals surface area contributed by atoms with Gasteiger partial charge in [-0.25, -0.2) is 4.90 Å². The Bertz CT molecular complexity index is 346. The van der Waals surface area contributed by atoms with Crippen molar-refractivity contribution in [3.8, 4) is 0 Å². The Hall–Kier alpha value is -0.880. The van der Waals surface area contributed by atoms with Crippen molar-refractivity contribution in [1.82, 2.24) is 4.90 Å². The predicted octanol–water partition coefficient (Wildman–Crippen LogP) is -0.236. The molecule has 1 heterocycles. The van der Waals surface area contributed by atoms with Crippen molar-refractivity contribution in [3.05, 3.63) is 12.3 Å². The summed E-state index contributed by atoms with van der Waals surface area (Å²) < 4.78 is 31.4. The smallest absolute Gasteiger partial charge is 0.265 e. The van der Waals surface area contributed by atoms with E-state index in [1.807, 2.05) is 35.1 Å². The van der Waals surface area contributed by atoms with E-state index in [0.717, 1.165) is 6.54 Å². The molecule has 0 radical (unpaired) electrons. The van der Waals surface area contributed by atoms with Crippen LogP contribution in [0.5, 0.6) is 0 Å². The highest BCUT2D eigenvalue weighted by Gasteiger charge is 2.09. The van der Waals surface area contributed by atoms with Crippen LogP contribution < -0.4 is 0 Å². The van der Waals surface area contributed by atoms with Gasteiger partial charge in [-0.05, 0) is 6.08 Å². The Labute approximate surface area is 84.1 Å². The molecule has 0 spiro atoms. The van der Waals surface area contributed by atoms with Crippen LogP contribution in [-0.4, -0.2) is 54.7 Å². The second-order valence-corrected chi connectivity index (χ2v) is 4.87. The van der Waals surface area contributed by atoms with E-state index < -0.39 is 10.1 Å². The van der Waals surface area contributed by atoms with Crippen LogP contribution in [0.25, 0.3) is 0 Å². The lowest BCUT2D eigenvalue weighted by Crippen LogP contribution is -2.27. The fourth-order valence-corrected chi connectivity index (χ4v) is 1.78. The van der Waals surface area contributed by atoms with Gasteiger partial charge in [0, 0.05) is 6.42 Å². The maximum absolute atomic E-state index is 10.4. The first-order valence-corrected chi connectivity index (χ1v) is 6.01. The van der Waals surface area contributed by atoms with Gasteiger partial charge in [0.25, 0.3) is 10.1 Å². The van der Waals surface area contributed by atoms with Crippen LogP contribution in [0.1, 0.15) is 6.42 Å². The zero-order valence-corrected chi connectivity index (χ0v) is 8.94. The van der Waals surface area contributed by atoms with Gasteiger partial charge in [0.2, 0.25) is 6.34 Å². The molecule has 0 saturated carbocycles. The lowest BCUT2D eigenvalue weighted by Gasteiger charge is -2.11. The summed E-state index contributed by atoms with van der Waals surface area (Å²) in [6.45, 7) is 1.42. The Kier molecular flexibility index (Phi) is 3.65. The summed E-state index contributed by atoms with van der Waals surface area (Å²) in [5.74, 6) is -0.176. The SMILES string of the molecule is CN1C=CC[N+](CCCS(=O)(=O)O)=C1. The van der Waals surface area contributed by atoms with Crippen LogP contribution in [0.2, 0.25) is 0 Å². The molecule has 1 aliphatic heterocycles. The van der Waals surface area contributed by atoms with Crippen LogP contribution >= 0.6 is 0 Å². The molecule has 0 fully saturated rings. The molecular formula is C8H15N2O3S+. The van der Waals surface area contributed by atoms with Crippen molar-refractivity contribution in [2.75, 3.05) is 25.9 Å². The highest BCUT2D eigenvalue weighted by molar-refractivity contribution is 7.85. The minimum atomic E-state index is -3.81. The Morgan fingerprint density at radius 2 is 2.29 bits per heavy atom. The van der Waals surface area contributed by atoms with Crippen molar-refractivity contribution in [2.24, 2.45) is 0 Å². The van der Waals surface area contributed by atoms with Gasteiger partial charge < -0.3 is 0 Å². The lowest BCUT2D eigenvalue weighted by atomic mass is 10.4. The standard InChI is InChI=1S/C8H14N2O3S/c1-9-4-2-5-10(8-9)6-3-7-14(11,12)13/h2,4,8H,3,5-7H2,1H3/p+1. The largest absolute Gasteiger partial charge is 0.286 e. The van der Waals surface area contributed by atoms with E-state index in [1.165, 1.54) is 0 Å². The Morgan fingerprint density at radius 1 is 1.57 bits per heavy atom. The fourth-order valence-electron chi connectivity index (χ4n) is 1.29. The first kappa shape index (κ1) is 11.2. The van der Waals surface area contributed by atoms with Crippen LogP contribution in [0.15, 0.2) is 12.3 Å². The first-order valence-electron chi connectivity index (χ1n) is 4.40. The maximum Gasteiger partial charge on any atom is 0.265 e. The monoisotopic (exact) mass is 219 g/mol. The lowest BCUT2D eigenvalue weighted by molar-refractivity contribution is -0.518. The second-order valence-electron chi connectivity index (χ2n) is 3.30. The van der Waals surface area contributed by atoms with Gasteiger partial charge in [-0.2, -0.15) is 8.42 Å². The molecule has 0 aromatic carbocycles. The molecule has 0 unspecified atom stereocenters. The van der Waals surface area contributed by atoms with Gasteiger partial charge >= 0.3 is 0 Å². The average Bonchev–Trinajstić information content (AvgIpc) is 2.01. The molecule has 0 atom stereocenters. The molecule has 1 N–H and O–H groups in total. The quantitative estimate of drug-likeness (QED) is 0.524. The predicted molar refractivity (Wildman–Crippen MR) is 54.0 cm³/mol. The number of hydrogen-bond acceptors (Lipinski definition) is 3. The molecule has 0 aromatic heterocycles. The molecule has 14 heavy (non-hydrogen) atoms. The topological polar surface area (TPSA) is 60.6 Å². The summed E-state index contributed by atoms with van der Waals surface area (Å²) in [6.07, 6.45) is 6.29. The summed E-state index contributed by atoms with van der Waals surface area (Å²) in [4.78, 5) is 1.90. The summed E-state index contributed by atoms with van der Waals surface area (Å²) in [5.41, 5.74) is 0. The molecule has 80 valence electrons. The highest BCUT2D eigenvalue weighted by Crippen LogP contribution is 1.94. The molecule has 0 saturated heterocycles. The third-order valence-corrected chi connectivity index (χ3v) is 2.68. The molecule has 1 rings (SSSR count). The van der Waals surface area contributed by atoms with E-state index in [9.17, 15) is 8.42 Å². The van der Waals surface area contributed by atoms with Gasteiger partial charge in [0.05, 0.1) is 25.5 Å². The van der Waals surface area contributed by atoms with E-state index in [-0.39, 0.29) is 5.75 Å². The molecule has 0 bridgehead atoms. The maximum atomic E-state index is 10.4. The molecule has 6 heteroatoms. The fraction of sp³-hybridized carbons (Fsp3) is 0.625. The highest BCUT2D eigenvalue weighted by atomic mass is 32.2. The van der Waals surface area contributed by atoms with Crippen molar-refractivity contribution in [3.63, 3.8) is 0 Å². The molecular weight excluding hydrogens is 204 g/mol. The number of rotatable bonds is 4. The van der Waals surface area contributed by atoms with Crippen molar-refractivity contribution in [2.45, 2.75) is 6.42 Å². The molecule has 0 aromatic rings. The van der Waals surface area contributed by atoms with Gasteiger partial charge in [0.15, 0.2) is 0 Å². The third-order valence-electron chi connectivity index (χ3n) is 1.87. The van der Waals surface area contributed by atoms with Crippen LogP contribution in [0.3, 0.4) is 0 Å². The van der Waals surface area contributed by atoms with Gasteiger partial charge in [-0.3, -0.25) is 9.13 Å². The molecule has 0 aliphatic carbocycles. The second kappa shape index (κ2) is 4.56. The van der Waals surface area contributed by atoms with Crippen molar-refractivity contribution in [1.29, 1.82) is 0 Å². The van der Waals surface area contributed by atoms with E-state index in [1.54, 1.807) is 0 Å². The van der Waals surface area contributed by atoms with Crippen molar-refractivity contribution < 1.29 is 17.5 Å². The zero-order chi connectivity index (χ0) is 10.6. The zero-order valence-electron chi connectivity index (χ0n) is 8.13. The van der Waals surface area contributed by atoms with Gasteiger partial charge in [-0.15, -0.1) is 0 Å². The summed E-state index contributed by atoms with van der Waals surface area (Å²) in [6, 6.07) is 0. The molecule has 0 amide bonds. The van der Waals surface area contributed by atoms with E-state index in [2.05, 4.69) is 0 Å². The van der Waals surface area contributed by atoms with Crippen LogP contribution in [0.4, 0.5) is 0 Å². The minimum Gasteiger partial charge on any atom is -0.286 e. The number of nitrogens with zero attached hydrogens (tertiary/aromatic N) is 2. The van der Waals surface area contributed by atoms with E-state index in [0.29, 0.717) is 13.0 Å². The van der Waals surface area contributed by atoms with Crippen LogP contribution in [-0.2, 0) is 10.1 Å². The average molecular weight is 219 g/mol. The summed E-state index contributed by atoms with van der Waals surface area (Å²) in [7, 11) is -1.90. The van der Waals surface area contributed by atoms with Crippen molar-refractivity contribution >= 4 is 16.5 Å². The summed E-state index contributed by atoms with van der Waals surface area (Å²) >= 11 is 0.